The SMILES string of the molecule is O=S(=O)(c1cnc(-c2ccccc2)o1)N1CCNCC(F)(F)C1. The molecule has 0 unspecified atom stereocenters. The van der Waals surface area contributed by atoms with E-state index in [1.165, 1.54) is 0 Å². The van der Waals surface area contributed by atoms with E-state index < -0.39 is 34.1 Å². The van der Waals surface area contributed by atoms with E-state index in [0.29, 0.717) is 5.56 Å². The molecule has 1 aromatic carbocycles. The first-order chi connectivity index (χ1) is 10.9. The molecule has 3 rings (SSSR count). The second kappa shape index (κ2) is 5.99. The number of oxazole rings is 1. The number of hydrogen-bond acceptors (Lipinski definition) is 5. The van der Waals surface area contributed by atoms with Crippen molar-refractivity contribution in [2.24, 2.45) is 0 Å². The average molecular weight is 343 g/mol. The quantitative estimate of drug-likeness (QED) is 0.916. The molecule has 0 radical (unpaired) electrons. The van der Waals surface area contributed by atoms with Gasteiger partial charge in [-0.05, 0) is 12.1 Å². The van der Waals surface area contributed by atoms with E-state index in [4.69, 9.17) is 4.42 Å². The van der Waals surface area contributed by atoms with Crippen LogP contribution < -0.4 is 5.32 Å². The van der Waals surface area contributed by atoms with Gasteiger partial charge in [0, 0.05) is 18.7 Å². The molecule has 1 aliphatic heterocycles. The highest BCUT2D eigenvalue weighted by Crippen LogP contribution is 2.26. The molecule has 1 fully saturated rings. The van der Waals surface area contributed by atoms with Crippen molar-refractivity contribution in [3.63, 3.8) is 0 Å². The van der Waals surface area contributed by atoms with Crippen molar-refractivity contribution in [3.05, 3.63) is 36.5 Å². The van der Waals surface area contributed by atoms with Crippen LogP contribution in [0.1, 0.15) is 0 Å². The third kappa shape index (κ3) is 3.41. The van der Waals surface area contributed by atoms with Crippen LogP contribution in [-0.2, 0) is 10.0 Å². The minimum absolute atomic E-state index is 0.0563. The van der Waals surface area contributed by atoms with Crippen LogP contribution >= 0.6 is 0 Å². The summed E-state index contributed by atoms with van der Waals surface area (Å²) in [6.45, 7) is -1.35. The van der Waals surface area contributed by atoms with Crippen molar-refractivity contribution in [3.8, 4) is 11.5 Å². The van der Waals surface area contributed by atoms with E-state index in [1.807, 2.05) is 0 Å². The van der Waals surface area contributed by atoms with E-state index in [0.717, 1.165) is 10.5 Å². The Bertz CT molecular complexity index is 778. The third-order valence-corrected chi connectivity index (χ3v) is 5.12. The van der Waals surface area contributed by atoms with Gasteiger partial charge < -0.3 is 9.73 Å². The second-order valence-electron chi connectivity index (χ2n) is 5.22. The van der Waals surface area contributed by atoms with Crippen LogP contribution in [0.5, 0.6) is 0 Å². The van der Waals surface area contributed by atoms with Gasteiger partial charge >= 0.3 is 0 Å². The fourth-order valence-electron chi connectivity index (χ4n) is 2.29. The Morgan fingerprint density at radius 1 is 1.26 bits per heavy atom. The third-order valence-electron chi connectivity index (χ3n) is 3.43. The predicted octanol–water partition coefficient (Wildman–Crippen LogP) is 1.57. The van der Waals surface area contributed by atoms with Crippen LogP contribution in [0.4, 0.5) is 8.78 Å². The summed E-state index contributed by atoms with van der Waals surface area (Å²) < 4.78 is 58.3. The van der Waals surface area contributed by atoms with Gasteiger partial charge in [0.1, 0.15) is 0 Å². The minimum Gasteiger partial charge on any atom is -0.423 e. The van der Waals surface area contributed by atoms with Crippen molar-refractivity contribution >= 4 is 10.0 Å². The highest BCUT2D eigenvalue weighted by molar-refractivity contribution is 7.89. The van der Waals surface area contributed by atoms with Gasteiger partial charge in [0.05, 0.1) is 19.3 Å². The first kappa shape index (κ1) is 16.0. The Labute approximate surface area is 132 Å². The minimum atomic E-state index is -4.16. The Hall–Kier alpha value is -1.84. The summed E-state index contributed by atoms with van der Waals surface area (Å²) in [6, 6.07) is 8.75. The number of nitrogens with zero attached hydrogens (tertiary/aromatic N) is 2. The summed E-state index contributed by atoms with van der Waals surface area (Å²) >= 11 is 0. The van der Waals surface area contributed by atoms with E-state index in [1.54, 1.807) is 30.3 Å². The van der Waals surface area contributed by atoms with E-state index in [-0.39, 0.29) is 19.0 Å². The summed E-state index contributed by atoms with van der Waals surface area (Å²) in [7, 11) is -4.16. The summed E-state index contributed by atoms with van der Waals surface area (Å²) in [5.74, 6) is -3.00. The monoisotopic (exact) mass is 343 g/mol. The van der Waals surface area contributed by atoms with Crippen molar-refractivity contribution in [1.29, 1.82) is 0 Å². The van der Waals surface area contributed by atoms with Crippen LogP contribution in [0.2, 0.25) is 0 Å². The highest BCUT2D eigenvalue weighted by atomic mass is 32.2. The number of halogens is 2. The van der Waals surface area contributed by atoms with Crippen LogP contribution in [0.15, 0.2) is 46.0 Å². The van der Waals surface area contributed by atoms with Crippen molar-refractivity contribution in [1.82, 2.24) is 14.6 Å². The maximum atomic E-state index is 13.6. The van der Waals surface area contributed by atoms with Crippen LogP contribution in [-0.4, -0.2) is 49.8 Å². The molecule has 1 N–H and O–H groups in total. The number of rotatable bonds is 3. The molecular weight excluding hydrogens is 328 g/mol. The first-order valence-electron chi connectivity index (χ1n) is 6.98. The zero-order valence-corrected chi connectivity index (χ0v) is 12.9. The van der Waals surface area contributed by atoms with E-state index >= 15 is 0 Å². The summed E-state index contributed by atoms with van der Waals surface area (Å²) in [6.07, 6.45) is 1.05. The number of alkyl halides is 2. The smallest absolute Gasteiger partial charge is 0.278 e. The maximum absolute atomic E-state index is 13.6. The molecule has 9 heteroatoms. The maximum Gasteiger partial charge on any atom is 0.278 e. The molecule has 1 saturated heterocycles. The van der Waals surface area contributed by atoms with Crippen molar-refractivity contribution in [2.75, 3.05) is 26.2 Å². The van der Waals surface area contributed by atoms with Gasteiger partial charge in [0.15, 0.2) is 0 Å². The summed E-state index contributed by atoms with van der Waals surface area (Å²) in [4.78, 5) is 3.93. The molecule has 0 bridgehead atoms. The van der Waals surface area contributed by atoms with Crippen LogP contribution in [0.3, 0.4) is 0 Å². The molecule has 6 nitrogen and oxygen atoms in total. The molecular formula is C14H15F2N3O3S. The standard InChI is InChI=1S/C14H15F2N3O3S/c15-14(16)9-17-6-7-19(10-14)23(20,21)12-8-18-13(22-12)11-4-2-1-3-5-11/h1-5,8,17H,6-7,9-10H2. The molecule has 1 aliphatic rings. The van der Waals surface area contributed by atoms with Crippen LogP contribution in [0, 0.1) is 0 Å². The lowest BCUT2D eigenvalue weighted by Gasteiger charge is -2.21. The lowest BCUT2D eigenvalue weighted by atomic mass is 10.2. The Kier molecular flexibility index (Phi) is 4.17. The number of hydrogen-bond donors (Lipinski definition) is 1. The Balaban J connectivity index is 1.89. The van der Waals surface area contributed by atoms with Gasteiger partial charge in [0.25, 0.3) is 21.0 Å². The zero-order valence-electron chi connectivity index (χ0n) is 12.1. The molecule has 1 aromatic heterocycles. The van der Waals surface area contributed by atoms with Crippen molar-refractivity contribution < 1.29 is 21.6 Å². The normalized spacial score (nSPS) is 19.4. The van der Waals surface area contributed by atoms with Crippen molar-refractivity contribution in [2.45, 2.75) is 11.0 Å². The number of nitrogens with one attached hydrogen (secondary N) is 1. The second-order valence-corrected chi connectivity index (χ2v) is 7.09. The lowest BCUT2D eigenvalue weighted by Crippen LogP contribution is -2.41. The van der Waals surface area contributed by atoms with Gasteiger partial charge in [-0.2, -0.15) is 4.31 Å². The predicted molar refractivity (Wildman–Crippen MR) is 78.5 cm³/mol. The lowest BCUT2D eigenvalue weighted by molar-refractivity contribution is -0.00388. The largest absolute Gasteiger partial charge is 0.423 e. The molecule has 0 atom stereocenters. The average Bonchev–Trinajstić information content (AvgIpc) is 2.94. The summed E-state index contributed by atoms with van der Waals surface area (Å²) in [5.41, 5.74) is 0.608. The fraction of sp³-hybridized carbons (Fsp3) is 0.357. The number of sulfonamides is 1. The Morgan fingerprint density at radius 3 is 2.74 bits per heavy atom. The molecule has 2 heterocycles. The Morgan fingerprint density at radius 2 is 2.00 bits per heavy atom. The molecule has 0 amide bonds. The molecule has 124 valence electrons. The molecule has 2 aromatic rings. The van der Waals surface area contributed by atoms with Gasteiger partial charge in [0.2, 0.25) is 5.89 Å². The molecule has 0 aliphatic carbocycles. The summed E-state index contributed by atoms with van der Waals surface area (Å²) in [5, 5.41) is 2.08. The first-order valence-corrected chi connectivity index (χ1v) is 8.42. The fourth-order valence-corrected chi connectivity index (χ4v) is 3.61. The number of aromatic nitrogens is 1. The van der Waals surface area contributed by atoms with E-state index in [9.17, 15) is 17.2 Å². The van der Waals surface area contributed by atoms with Gasteiger partial charge in [-0.1, -0.05) is 18.2 Å². The number of benzene rings is 1. The molecule has 0 saturated carbocycles. The van der Waals surface area contributed by atoms with E-state index in [2.05, 4.69) is 10.3 Å². The van der Waals surface area contributed by atoms with Gasteiger partial charge in [-0.15, -0.1) is 0 Å². The highest BCUT2D eigenvalue weighted by Gasteiger charge is 2.40. The van der Waals surface area contributed by atoms with Crippen LogP contribution in [0.25, 0.3) is 11.5 Å². The van der Waals surface area contributed by atoms with Gasteiger partial charge in [-0.25, -0.2) is 22.2 Å². The topological polar surface area (TPSA) is 75.4 Å². The molecule has 23 heavy (non-hydrogen) atoms. The molecule has 0 spiro atoms. The zero-order chi connectivity index (χ0) is 16.5. The van der Waals surface area contributed by atoms with Gasteiger partial charge in [-0.3, -0.25) is 0 Å².